The Morgan fingerprint density at radius 3 is 2.92 bits per heavy atom. The van der Waals surface area contributed by atoms with Crippen molar-refractivity contribution in [1.82, 2.24) is 19.9 Å². The molecule has 0 aliphatic rings. The molecule has 0 spiro atoms. The summed E-state index contributed by atoms with van der Waals surface area (Å²) < 4.78 is 20.5. The van der Waals surface area contributed by atoms with Crippen molar-refractivity contribution in [2.75, 3.05) is 0 Å². The van der Waals surface area contributed by atoms with E-state index in [-0.39, 0.29) is 12.5 Å². The van der Waals surface area contributed by atoms with Crippen LogP contribution >= 0.6 is 0 Å². The SMILES string of the molecule is Cn1cnc(C(=O)NCc2cccnc2Oc2cccc(F)c2)c1. The number of halogens is 1. The van der Waals surface area contributed by atoms with E-state index >= 15 is 0 Å². The lowest BCUT2D eigenvalue weighted by molar-refractivity contribution is 0.0946. The summed E-state index contributed by atoms with van der Waals surface area (Å²) >= 11 is 0. The van der Waals surface area contributed by atoms with Gasteiger partial charge in [0.05, 0.1) is 6.33 Å². The third-order valence-electron chi connectivity index (χ3n) is 3.24. The monoisotopic (exact) mass is 326 g/mol. The van der Waals surface area contributed by atoms with E-state index in [4.69, 9.17) is 4.74 Å². The number of ether oxygens (including phenoxy) is 1. The molecule has 0 aliphatic heterocycles. The van der Waals surface area contributed by atoms with Crippen molar-refractivity contribution in [2.24, 2.45) is 7.05 Å². The maximum Gasteiger partial charge on any atom is 0.271 e. The number of imidazole rings is 1. The molecule has 3 aromatic rings. The van der Waals surface area contributed by atoms with E-state index in [1.807, 2.05) is 0 Å². The average Bonchev–Trinajstić information content (AvgIpc) is 3.00. The second-order valence-electron chi connectivity index (χ2n) is 5.13. The van der Waals surface area contributed by atoms with Crippen molar-refractivity contribution in [3.8, 4) is 11.6 Å². The molecule has 3 rings (SSSR count). The zero-order chi connectivity index (χ0) is 16.9. The topological polar surface area (TPSA) is 69.0 Å². The predicted molar refractivity (Wildman–Crippen MR) is 85.1 cm³/mol. The van der Waals surface area contributed by atoms with Gasteiger partial charge in [-0.2, -0.15) is 0 Å². The summed E-state index contributed by atoms with van der Waals surface area (Å²) in [5, 5.41) is 2.76. The largest absolute Gasteiger partial charge is 0.439 e. The van der Waals surface area contributed by atoms with Gasteiger partial charge in [-0.05, 0) is 18.2 Å². The minimum absolute atomic E-state index is 0.216. The summed E-state index contributed by atoms with van der Waals surface area (Å²) in [6.07, 6.45) is 4.75. The molecular formula is C17H15FN4O2. The van der Waals surface area contributed by atoms with Crippen LogP contribution in [0.3, 0.4) is 0 Å². The molecule has 2 heterocycles. The third kappa shape index (κ3) is 3.75. The highest BCUT2D eigenvalue weighted by Crippen LogP contribution is 2.23. The van der Waals surface area contributed by atoms with Gasteiger partial charge >= 0.3 is 0 Å². The fourth-order valence-corrected chi connectivity index (χ4v) is 2.09. The van der Waals surface area contributed by atoms with Crippen LogP contribution in [-0.2, 0) is 13.6 Å². The second kappa shape index (κ2) is 6.91. The lowest BCUT2D eigenvalue weighted by Gasteiger charge is -2.10. The van der Waals surface area contributed by atoms with Gasteiger partial charge in [-0.15, -0.1) is 0 Å². The van der Waals surface area contributed by atoms with Crippen LogP contribution in [0.1, 0.15) is 16.1 Å². The Bertz CT molecular complexity index is 863. The number of amides is 1. The van der Waals surface area contributed by atoms with Crippen LogP contribution in [-0.4, -0.2) is 20.4 Å². The highest BCUT2D eigenvalue weighted by Gasteiger charge is 2.11. The smallest absolute Gasteiger partial charge is 0.271 e. The van der Waals surface area contributed by atoms with Crippen LogP contribution in [0.15, 0.2) is 55.1 Å². The zero-order valence-corrected chi connectivity index (χ0v) is 12.9. The number of hydrogen-bond acceptors (Lipinski definition) is 4. The quantitative estimate of drug-likeness (QED) is 0.783. The maximum atomic E-state index is 13.2. The number of rotatable bonds is 5. The number of nitrogens with one attached hydrogen (secondary N) is 1. The van der Waals surface area contributed by atoms with Crippen LogP contribution in [0.4, 0.5) is 4.39 Å². The highest BCUT2D eigenvalue weighted by molar-refractivity contribution is 5.91. The molecule has 0 bridgehead atoms. The van der Waals surface area contributed by atoms with E-state index in [0.717, 1.165) is 0 Å². The van der Waals surface area contributed by atoms with Crippen LogP contribution in [0.25, 0.3) is 0 Å². The molecule has 0 aliphatic carbocycles. The number of carbonyl (C=O) groups is 1. The first-order valence-electron chi connectivity index (χ1n) is 7.25. The highest BCUT2D eigenvalue weighted by atomic mass is 19.1. The van der Waals surface area contributed by atoms with Crippen molar-refractivity contribution >= 4 is 5.91 Å². The fraction of sp³-hybridized carbons (Fsp3) is 0.118. The normalized spacial score (nSPS) is 10.4. The number of aromatic nitrogens is 3. The molecule has 24 heavy (non-hydrogen) atoms. The molecule has 0 saturated heterocycles. The van der Waals surface area contributed by atoms with E-state index in [2.05, 4.69) is 15.3 Å². The molecule has 0 radical (unpaired) electrons. The zero-order valence-electron chi connectivity index (χ0n) is 12.9. The lowest BCUT2D eigenvalue weighted by Crippen LogP contribution is -2.23. The summed E-state index contributed by atoms with van der Waals surface area (Å²) in [5.41, 5.74) is 1.00. The fourth-order valence-electron chi connectivity index (χ4n) is 2.09. The molecule has 1 N–H and O–H groups in total. The predicted octanol–water partition coefficient (Wildman–Crippen LogP) is 2.68. The first-order valence-corrected chi connectivity index (χ1v) is 7.25. The Balaban J connectivity index is 1.71. The van der Waals surface area contributed by atoms with Crippen molar-refractivity contribution in [3.05, 3.63) is 72.2 Å². The molecule has 0 atom stereocenters. The Hall–Kier alpha value is -3.22. The maximum absolute atomic E-state index is 13.2. The molecule has 0 saturated carbocycles. The molecule has 1 amide bonds. The first-order chi connectivity index (χ1) is 11.6. The lowest BCUT2D eigenvalue weighted by atomic mass is 10.2. The Morgan fingerprint density at radius 2 is 2.17 bits per heavy atom. The van der Waals surface area contributed by atoms with Gasteiger partial charge in [0, 0.05) is 37.6 Å². The molecule has 6 nitrogen and oxygen atoms in total. The number of carbonyl (C=O) groups excluding carboxylic acids is 1. The molecule has 2 aromatic heterocycles. The number of benzene rings is 1. The van der Waals surface area contributed by atoms with Crippen molar-refractivity contribution < 1.29 is 13.9 Å². The van der Waals surface area contributed by atoms with Crippen LogP contribution < -0.4 is 10.1 Å². The van der Waals surface area contributed by atoms with Gasteiger partial charge in [0.15, 0.2) is 0 Å². The molecule has 1 aromatic carbocycles. The van der Waals surface area contributed by atoms with Gasteiger partial charge in [-0.25, -0.2) is 14.4 Å². The van der Waals surface area contributed by atoms with E-state index < -0.39 is 5.82 Å². The van der Waals surface area contributed by atoms with Crippen LogP contribution in [0.5, 0.6) is 11.6 Å². The van der Waals surface area contributed by atoms with E-state index in [1.165, 1.54) is 12.1 Å². The van der Waals surface area contributed by atoms with E-state index in [9.17, 15) is 9.18 Å². The van der Waals surface area contributed by atoms with E-state index in [1.54, 1.807) is 54.6 Å². The van der Waals surface area contributed by atoms with Gasteiger partial charge in [0.2, 0.25) is 5.88 Å². The third-order valence-corrected chi connectivity index (χ3v) is 3.24. The second-order valence-corrected chi connectivity index (χ2v) is 5.13. The van der Waals surface area contributed by atoms with Crippen molar-refractivity contribution in [3.63, 3.8) is 0 Å². The van der Waals surface area contributed by atoms with Crippen molar-refractivity contribution in [1.29, 1.82) is 0 Å². The summed E-state index contributed by atoms with van der Waals surface area (Å²) in [6.45, 7) is 0.216. The van der Waals surface area contributed by atoms with Gasteiger partial charge in [0.1, 0.15) is 17.3 Å². The van der Waals surface area contributed by atoms with Gasteiger partial charge < -0.3 is 14.6 Å². The number of nitrogens with zero attached hydrogens (tertiary/aromatic N) is 3. The number of aryl methyl sites for hydroxylation is 1. The summed E-state index contributed by atoms with van der Waals surface area (Å²) in [4.78, 5) is 20.2. The van der Waals surface area contributed by atoms with Crippen LogP contribution in [0, 0.1) is 5.82 Å². The Kier molecular flexibility index (Phi) is 4.51. The molecule has 7 heteroatoms. The Morgan fingerprint density at radius 1 is 1.29 bits per heavy atom. The van der Waals surface area contributed by atoms with Gasteiger partial charge in [-0.1, -0.05) is 12.1 Å². The molecule has 122 valence electrons. The molecule has 0 unspecified atom stereocenters. The minimum Gasteiger partial charge on any atom is -0.439 e. The molecular weight excluding hydrogens is 311 g/mol. The average molecular weight is 326 g/mol. The van der Waals surface area contributed by atoms with Gasteiger partial charge in [0.25, 0.3) is 5.91 Å². The number of hydrogen-bond donors (Lipinski definition) is 1. The molecule has 0 fully saturated rings. The summed E-state index contributed by atoms with van der Waals surface area (Å²) in [7, 11) is 1.79. The summed E-state index contributed by atoms with van der Waals surface area (Å²) in [6, 6.07) is 9.30. The standard InChI is InChI=1S/C17H15FN4O2/c1-22-10-15(21-11-22)16(23)20-9-12-4-3-7-19-17(12)24-14-6-2-5-13(18)8-14/h2-8,10-11H,9H2,1H3,(H,20,23). The first kappa shape index (κ1) is 15.7. The van der Waals surface area contributed by atoms with Crippen molar-refractivity contribution in [2.45, 2.75) is 6.54 Å². The van der Waals surface area contributed by atoms with E-state index in [0.29, 0.717) is 22.9 Å². The van der Waals surface area contributed by atoms with Gasteiger partial charge in [-0.3, -0.25) is 4.79 Å². The minimum atomic E-state index is -0.395. The van der Waals surface area contributed by atoms with Crippen LogP contribution in [0.2, 0.25) is 0 Å². The summed E-state index contributed by atoms with van der Waals surface area (Å²) in [5.74, 6) is -0.0417. The Labute approximate surface area is 137 Å². The number of pyridine rings is 1.